The van der Waals surface area contributed by atoms with Gasteiger partial charge in [0.25, 0.3) is 0 Å². The molecule has 152 valence electrons. The van der Waals surface area contributed by atoms with Gasteiger partial charge in [-0.1, -0.05) is 13.3 Å². The molecular weight excluding hydrogens is 344 g/mol. The summed E-state index contributed by atoms with van der Waals surface area (Å²) in [5.74, 6) is 2.12. The third-order valence-electron chi connectivity index (χ3n) is 5.54. The van der Waals surface area contributed by atoms with E-state index in [-0.39, 0.29) is 6.61 Å². The van der Waals surface area contributed by atoms with Crippen molar-refractivity contribution >= 4 is 17.3 Å². The van der Waals surface area contributed by atoms with E-state index in [2.05, 4.69) is 32.0 Å². The number of aliphatic hydroxyl groups excluding tert-OH is 1. The SMILES string of the molecule is CCCCOc1nc(N)c2c(n1)N(CCCC1CCN(CCO)CC1)CN2. The molecule has 0 aliphatic carbocycles. The van der Waals surface area contributed by atoms with Crippen LogP contribution >= 0.6 is 0 Å². The highest BCUT2D eigenvalue weighted by Gasteiger charge is 2.25. The number of unbranched alkanes of at least 4 members (excludes halogenated alkanes) is 1. The molecule has 0 saturated carbocycles. The quantitative estimate of drug-likeness (QED) is 0.531. The minimum atomic E-state index is 0.265. The first-order chi connectivity index (χ1) is 13.2. The number of hydrogen-bond donors (Lipinski definition) is 3. The Bertz CT molecular complexity index is 592. The van der Waals surface area contributed by atoms with Crippen LogP contribution in [0.25, 0.3) is 0 Å². The molecule has 0 bridgehead atoms. The molecule has 1 aromatic rings. The Morgan fingerprint density at radius 1 is 1.22 bits per heavy atom. The number of nitrogens with two attached hydrogens (primary N) is 1. The number of ether oxygens (including phenoxy) is 1. The third-order valence-corrected chi connectivity index (χ3v) is 5.54. The van der Waals surface area contributed by atoms with Crippen molar-refractivity contribution in [3.8, 4) is 6.01 Å². The van der Waals surface area contributed by atoms with E-state index in [1.54, 1.807) is 0 Å². The van der Waals surface area contributed by atoms with Crippen LogP contribution < -0.4 is 20.7 Å². The number of nitrogen functional groups attached to an aromatic ring is 1. The monoisotopic (exact) mass is 378 g/mol. The Kier molecular flexibility index (Phi) is 7.34. The fourth-order valence-electron chi connectivity index (χ4n) is 3.86. The molecule has 0 aromatic carbocycles. The molecule has 1 fully saturated rings. The number of hydrogen-bond acceptors (Lipinski definition) is 8. The molecule has 0 radical (unpaired) electrons. The van der Waals surface area contributed by atoms with Gasteiger partial charge >= 0.3 is 6.01 Å². The molecule has 27 heavy (non-hydrogen) atoms. The van der Waals surface area contributed by atoms with Crippen LogP contribution in [0, 0.1) is 5.92 Å². The fraction of sp³-hybridized carbons (Fsp3) is 0.789. The van der Waals surface area contributed by atoms with Crippen molar-refractivity contribution in [3.05, 3.63) is 0 Å². The second-order valence-electron chi connectivity index (χ2n) is 7.54. The minimum absolute atomic E-state index is 0.265. The van der Waals surface area contributed by atoms with Gasteiger partial charge in [0.2, 0.25) is 0 Å². The first-order valence-electron chi connectivity index (χ1n) is 10.3. The zero-order valence-corrected chi connectivity index (χ0v) is 16.5. The molecular formula is C19H34N6O2. The van der Waals surface area contributed by atoms with Gasteiger partial charge in [0.15, 0.2) is 11.6 Å². The summed E-state index contributed by atoms with van der Waals surface area (Å²) in [6.07, 6.45) is 6.91. The lowest BCUT2D eigenvalue weighted by Gasteiger charge is -2.31. The van der Waals surface area contributed by atoms with Gasteiger partial charge in [-0.15, -0.1) is 0 Å². The maximum absolute atomic E-state index is 9.05. The highest BCUT2D eigenvalue weighted by molar-refractivity contribution is 5.80. The lowest BCUT2D eigenvalue weighted by Crippen LogP contribution is -2.35. The van der Waals surface area contributed by atoms with Gasteiger partial charge in [0.05, 0.1) is 19.9 Å². The fourth-order valence-corrected chi connectivity index (χ4v) is 3.86. The second kappa shape index (κ2) is 9.94. The predicted molar refractivity (Wildman–Crippen MR) is 108 cm³/mol. The van der Waals surface area contributed by atoms with Crippen molar-refractivity contribution in [2.75, 3.05) is 62.0 Å². The number of aromatic nitrogens is 2. The Hall–Kier alpha value is -1.80. The number of rotatable bonds is 10. The molecule has 1 aromatic heterocycles. The Labute approximate surface area is 162 Å². The van der Waals surface area contributed by atoms with Crippen LogP contribution in [0.5, 0.6) is 6.01 Å². The lowest BCUT2D eigenvalue weighted by molar-refractivity contribution is 0.144. The largest absolute Gasteiger partial charge is 0.463 e. The van der Waals surface area contributed by atoms with Crippen molar-refractivity contribution in [2.45, 2.75) is 45.4 Å². The van der Waals surface area contributed by atoms with Crippen molar-refractivity contribution in [1.29, 1.82) is 0 Å². The Morgan fingerprint density at radius 2 is 2.04 bits per heavy atom. The summed E-state index contributed by atoms with van der Waals surface area (Å²) >= 11 is 0. The highest BCUT2D eigenvalue weighted by Crippen LogP contribution is 2.35. The smallest absolute Gasteiger partial charge is 0.320 e. The van der Waals surface area contributed by atoms with E-state index < -0.39 is 0 Å². The second-order valence-corrected chi connectivity index (χ2v) is 7.54. The maximum atomic E-state index is 9.05. The Morgan fingerprint density at radius 3 is 2.78 bits per heavy atom. The maximum Gasteiger partial charge on any atom is 0.320 e. The van der Waals surface area contributed by atoms with E-state index in [9.17, 15) is 0 Å². The van der Waals surface area contributed by atoms with Crippen LogP contribution in [0.3, 0.4) is 0 Å². The summed E-state index contributed by atoms with van der Waals surface area (Å²) in [6, 6.07) is 0.379. The van der Waals surface area contributed by atoms with E-state index in [0.717, 1.165) is 69.5 Å². The molecule has 1 saturated heterocycles. The van der Waals surface area contributed by atoms with Crippen molar-refractivity contribution in [3.63, 3.8) is 0 Å². The van der Waals surface area contributed by atoms with Crippen LogP contribution in [0.2, 0.25) is 0 Å². The highest BCUT2D eigenvalue weighted by atomic mass is 16.5. The molecule has 0 amide bonds. The molecule has 8 heteroatoms. The normalized spacial score (nSPS) is 17.8. The first kappa shape index (κ1) is 19.9. The Balaban J connectivity index is 1.47. The molecule has 3 heterocycles. The number of anilines is 3. The van der Waals surface area contributed by atoms with Crippen molar-refractivity contribution in [2.24, 2.45) is 5.92 Å². The van der Waals surface area contributed by atoms with Gasteiger partial charge in [-0.2, -0.15) is 9.97 Å². The van der Waals surface area contributed by atoms with Gasteiger partial charge < -0.3 is 30.7 Å². The molecule has 0 atom stereocenters. The molecule has 2 aliphatic rings. The minimum Gasteiger partial charge on any atom is -0.463 e. The summed E-state index contributed by atoms with van der Waals surface area (Å²) in [7, 11) is 0. The molecule has 3 rings (SSSR count). The average Bonchev–Trinajstić information content (AvgIpc) is 3.07. The molecule has 2 aliphatic heterocycles. The zero-order valence-electron chi connectivity index (χ0n) is 16.5. The average molecular weight is 379 g/mol. The third kappa shape index (κ3) is 5.35. The van der Waals surface area contributed by atoms with Crippen molar-refractivity contribution < 1.29 is 9.84 Å². The summed E-state index contributed by atoms with van der Waals surface area (Å²) in [5, 5.41) is 12.4. The van der Waals surface area contributed by atoms with E-state index in [1.165, 1.54) is 19.3 Å². The number of nitrogens with one attached hydrogen (secondary N) is 1. The van der Waals surface area contributed by atoms with E-state index >= 15 is 0 Å². The van der Waals surface area contributed by atoms with E-state index in [0.29, 0.717) is 18.4 Å². The van der Waals surface area contributed by atoms with Crippen LogP contribution in [-0.2, 0) is 0 Å². The number of aliphatic hydroxyl groups is 1. The van der Waals surface area contributed by atoms with E-state index in [4.69, 9.17) is 15.6 Å². The topological polar surface area (TPSA) is 99.8 Å². The number of likely N-dealkylation sites (tertiary alicyclic amines) is 1. The molecule has 4 N–H and O–H groups in total. The number of piperidine rings is 1. The summed E-state index contributed by atoms with van der Waals surface area (Å²) in [5.41, 5.74) is 6.91. The molecule has 8 nitrogen and oxygen atoms in total. The van der Waals surface area contributed by atoms with Gasteiger partial charge in [-0.25, -0.2) is 0 Å². The summed E-state index contributed by atoms with van der Waals surface area (Å²) in [6.45, 7) is 7.74. The van der Waals surface area contributed by atoms with Crippen LogP contribution in [0.1, 0.15) is 45.4 Å². The lowest BCUT2D eigenvalue weighted by atomic mass is 9.92. The van der Waals surface area contributed by atoms with Crippen LogP contribution in [0.4, 0.5) is 17.3 Å². The van der Waals surface area contributed by atoms with E-state index in [1.807, 2.05) is 0 Å². The van der Waals surface area contributed by atoms with Gasteiger partial charge in [-0.3, -0.25) is 0 Å². The molecule has 0 unspecified atom stereocenters. The van der Waals surface area contributed by atoms with Gasteiger partial charge in [0, 0.05) is 13.1 Å². The number of β-amino-alcohol motifs (C(OH)–C–C–N with tert-alkyl or cyclic N) is 1. The van der Waals surface area contributed by atoms with Crippen LogP contribution in [0.15, 0.2) is 0 Å². The zero-order chi connectivity index (χ0) is 19.1. The number of nitrogens with zero attached hydrogens (tertiary/aromatic N) is 4. The standard InChI is InChI=1S/C19H34N6O2/c1-2-3-13-27-19-22-17(20)16-18(23-19)25(14-21-16)8-4-5-15-6-9-24(10-7-15)11-12-26/h15,21,26H,2-14H2,1H3,(H2,20,22,23). The molecule has 0 spiro atoms. The van der Waals surface area contributed by atoms with Gasteiger partial charge in [-0.05, 0) is 51.1 Å². The summed E-state index contributed by atoms with van der Waals surface area (Å²) in [4.78, 5) is 13.4. The van der Waals surface area contributed by atoms with Crippen LogP contribution in [-0.4, -0.2) is 66.0 Å². The number of fused-ring (bicyclic) bond motifs is 1. The van der Waals surface area contributed by atoms with Gasteiger partial charge in [0.1, 0.15) is 5.69 Å². The predicted octanol–water partition coefficient (Wildman–Crippen LogP) is 1.91. The summed E-state index contributed by atoms with van der Waals surface area (Å²) < 4.78 is 5.65. The first-order valence-corrected chi connectivity index (χ1v) is 10.3. The van der Waals surface area contributed by atoms with Crippen molar-refractivity contribution in [1.82, 2.24) is 14.9 Å².